The van der Waals surface area contributed by atoms with Crippen molar-refractivity contribution in [1.82, 2.24) is 10.2 Å². The average Bonchev–Trinajstić information content (AvgIpc) is 2.62. The highest BCUT2D eigenvalue weighted by Gasteiger charge is 2.39. The molecule has 5 nitrogen and oxygen atoms in total. The Morgan fingerprint density at radius 2 is 2.00 bits per heavy atom. The van der Waals surface area contributed by atoms with Crippen LogP contribution in [0.3, 0.4) is 0 Å². The summed E-state index contributed by atoms with van der Waals surface area (Å²) in [5.41, 5.74) is 12.3. The molecule has 0 amide bonds. The summed E-state index contributed by atoms with van der Waals surface area (Å²) < 4.78 is 0. The van der Waals surface area contributed by atoms with Gasteiger partial charge in [0.15, 0.2) is 0 Å². The van der Waals surface area contributed by atoms with E-state index in [0.29, 0.717) is 0 Å². The molecule has 1 aromatic carbocycles. The number of halogens is 1. The van der Waals surface area contributed by atoms with Gasteiger partial charge in [0.05, 0.1) is 6.04 Å². The smallest absolute Gasteiger partial charge is 0.116 e. The molecule has 2 rings (SSSR count). The molecule has 0 spiro atoms. The molecule has 2 atom stereocenters. The van der Waals surface area contributed by atoms with Crippen LogP contribution >= 0.6 is 11.6 Å². The van der Waals surface area contributed by atoms with Crippen molar-refractivity contribution >= 4 is 11.6 Å². The minimum absolute atomic E-state index is 0.395. The Morgan fingerprint density at radius 3 is 2.54 bits per heavy atom. The van der Waals surface area contributed by atoms with Crippen molar-refractivity contribution in [3.8, 4) is 0 Å². The summed E-state index contributed by atoms with van der Waals surface area (Å²) in [5, 5.41) is 7.48. The van der Waals surface area contributed by atoms with Gasteiger partial charge in [0.2, 0.25) is 0 Å². The topological polar surface area (TPSA) is 64.0 Å². The fraction of sp³-hybridized carbons (Fsp3) is 0.556. The quantitative estimate of drug-likeness (QED) is 0.204. The van der Waals surface area contributed by atoms with Gasteiger partial charge in [0, 0.05) is 31.1 Å². The lowest BCUT2D eigenvalue weighted by Gasteiger charge is -2.43. The van der Waals surface area contributed by atoms with E-state index >= 15 is 0 Å². The van der Waals surface area contributed by atoms with Crippen molar-refractivity contribution in [3.63, 3.8) is 0 Å². The van der Waals surface area contributed by atoms with Gasteiger partial charge in [-0.05, 0) is 36.9 Å². The molecule has 24 heavy (non-hydrogen) atoms. The fourth-order valence-corrected chi connectivity index (χ4v) is 3.73. The molecule has 1 aliphatic heterocycles. The van der Waals surface area contributed by atoms with Gasteiger partial charge >= 0.3 is 0 Å². The molecule has 1 fully saturated rings. The minimum Gasteiger partial charge on any atom is -0.314 e. The lowest BCUT2D eigenvalue weighted by molar-refractivity contribution is 0.172. The van der Waals surface area contributed by atoms with Gasteiger partial charge in [-0.3, -0.25) is 4.90 Å². The second-order valence-corrected chi connectivity index (χ2v) is 6.99. The van der Waals surface area contributed by atoms with Gasteiger partial charge in [0.25, 0.3) is 0 Å². The van der Waals surface area contributed by atoms with Crippen molar-refractivity contribution < 1.29 is 0 Å². The Hall–Kier alpha value is -1.52. The van der Waals surface area contributed by atoms with Crippen LogP contribution in [0.5, 0.6) is 0 Å². The fourth-order valence-electron chi connectivity index (χ4n) is 3.30. The van der Waals surface area contributed by atoms with Crippen LogP contribution in [0.1, 0.15) is 38.8 Å². The molecule has 1 aromatic rings. The van der Waals surface area contributed by atoms with Crippen LogP contribution in [-0.2, 0) is 0 Å². The van der Waals surface area contributed by atoms with Crippen molar-refractivity contribution in [2.75, 3.05) is 26.2 Å². The van der Waals surface area contributed by atoms with E-state index in [1.807, 2.05) is 37.3 Å². The number of azide groups is 1. The lowest BCUT2D eigenvalue weighted by atomic mass is 9.88. The third kappa shape index (κ3) is 4.11. The molecule has 0 aliphatic carbocycles. The summed E-state index contributed by atoms with van der Waals surface area (Å²) >= 11 is 7.09. The first-order chi connectivity index (χ1) is 11.5. The van der Waals surface area contributed by atoms with Crippen molar-refractivity contribution in [1.29, 1.82) is 0 Å². The summed E-state index contributed by atoms with van der Waals surface area (Å²) in [4.78, 5) is 4.69. The van der Waals surface area contributed by atoms with Crippen LogP contribution in [0.25, 0.3) is 10.4 Å². The first kappa shape index (κ1) is 18.8. The van der Waals surface area contributed by atoms with Crippen molar-refractivity contribution in [3.05, 3.63) is 57.5 Å². The molecule has 0 bridgehead atoms. The Kier molecular flexibility index (Phi) is 6.69. The van der Waals surface area contributed by atoms with E-state index in [1.54, 1.807) is 0 Å². The molecular weight excluding hydrogens is 322 g/mol. The SMILES string of the molecule is CCC(C)=C(C(N=[N+]=[N-])c1ccccc1)C(C)(Cl)N1CCNCC1. The molecule has 2 unspecified atom stereocenters. The van der Waals surface area contributed by atoms with Crippen molar-refractivity contribution in [2.45, 2.75) is 38.2 Å². The second kappa shape index (κ2) is 8.54. The Balaban J connectivity index is 2.52. The number of nitrogens with one attached hydrogen (secondary N) is 1. The summed E-state index contributed by atoms with van der Waals surface area (Å²) in [5.74, 6) is 0. The number of piperazine rings is 1. The highest BCUT2D eigenvalue weighted by Crippen LogP contribution is 2.42. The maximum absolute atomic E-state index is 9.15. The van der Waals surface area contributed by atoms with Crippen LogP contribution < -0.4 is 5.32 Å². The molecule has 0 aromatic heterocycles. The molecule has 1 aliphatic rings. The molecule has 1 saturated heterocycles. The number of allylic oxidation sites excluding steroid dienone is 1. The van der Waals surface area contributed by atoms with Gasteiger partial charge in [-0.1, -0.05) is 59.5 Å². The monoisotopic (exact) mass is 347 g/mol. The van der Waals surface area contributed by atoms with E-state index in [-0.39, 0.29) is 0 Å². The number of rotatable bonds is 6. The van der Waals surface area contributed by atoms with Crippen LogP contribution in [0.15, 0.2) is 46.6 Å². The standard InChI is InChI=1S/C18H26ClN5/c1-4-14(2)16(18(3,19)24-12-10-21-11-13-24)17(22-23-20)15-8-6-5-7-9-15/h5-9,17,21H,4,10-13H2,1-3H3. The molecule has 0 radical (unpaired) electrons. The third-order valence-corrected chi connectivity index (χ3v) is 5.19. The summed E-state index contributed by atoms with van der Waals surface area (Å²) in [7, 11) is 0. The second-order valence-electron chi connectivity index (χ2n) is 6.26. The number of hydrogen-bond donors (Lipinski definition) is 1. The van der Waals surface area contributed by atoms with E-state index in [1.165, 1.54) is 5.57 Å². The highest BCUT2D eigenvalue weighted by molar-refractivity contribution is 6.25. The summed E-state index contributed by atoms with van der Waals surface area (Å²) in [6.45, 7) is 9.80. The first-order valence-corrected chi connectivity index (χ1v) is 8.84. The number of nitrogens with zero attached hydrogens (tertiary/aromatic N) is 4. The highest BCUT2D eigenvalue weighted by atomic mass is 35.5. The van der Waals surface area contributed by atoms with Crippen molar-refractivity contribution in [2.24, 2.45) is 5.11 Å². The van der Waals surface area contributed by atoms with Gasteiger partial charge in [-0.25, -0.2) is 0 Å². The average molecular weight is 348 g/mol. The summed E-state index contributed by atoms with van der Waals surface area (Å²) in [6, 6.07) is 9.48. The zero-order valence-electron chi connectivity index (χ0n) is 14.7. The molecule has 1 heterocycles. The molecule has 0 saturated carbocycles. The Morgan fingerprint density at radius 1 is 1.38 bits per heavy atom. The number of benzene rings is 1. The van der Waals surface area contributed by atoms with Gasteiger partial charge in [-0.2, -0.15) is 0 Å². The van der Waals surface area contributed by atoms with Gasteiger partial charge in [0.1, 0.15) is 5.00 Å². The zero-order valence-corrected chi connectivity index (χ0v) is 15.4. The molecule has 6 heteroatoms. The van der Waals surface area contributed by atoms with Gasteiger partial charge in [-0.15, -0.1) is 0 Å². The van der Waals surface area contributed by atoms with E-state index in [2.05, 4.69) is 34.1 Å². The minimum atomic E-state index is -0.684. The molecule has 1 N–H and O–H groups in total. The van der Waals surface area contributed by atoms with Crippen LogP contribution in [0.2, 0.25) is 0 Å². The number of hydrogen-bond acceptors (Lipinski definition) is 3. The Bertz CT molecular complexity index is 614. The lowest BCUT2D eigenvalue weighted by Crippen LogP contribution is -2.53. The largest absolute Gasteiger partial charge is 0.314 e. The van der Waals surface area contributed by atoms with Gasteiger partial charge < -0.3 is 5.32 Å². The third-order valence-electron chi connectivity index (χ3n) is 4.75. The van der Waals surface area contributed by atoms with Crippen LogP contribution in [-0.4, -0.2) is 36.1 Å². The van der Waals surface area contributed by atoms with Crippen LogP contribution in [0, 0.1) is 0 Å². The normalized spacial score (nSPS) is 20.5. The van der Waals surface area contributed by atoms with Crippen LogP contribution in [0.4, 0.5) is 0 Å². The molecular formula is C18H26ClN5. The maximum atomic E-state index is 9.15. The van der Waals surface area contributed by atoms with E-state index in [9.17, 15) is 0 Å². The molecule has 130 valence electrons. The predicted molar refractivity (Wildman–Crippen MR) is 100 cm³/mol. The Labute approximate surface area is 149 Å². The van der Waals surface area contributed by atoms with E-state index in [0.717, 1.165) is 43.7 Å². The first-order valence-electron chi connectivity index (χ1n) is 8.46. The van der Waals surface area contributed by atoms with E-state index in [4.69, 9.17) is 17.1 Å². The van der Waals surface area contributed by atoms with E-state index < -0.39 is 11.0 Å². The predicted octanol–water partition coefficient (Wildman–Crippen LogP) is 4.62. The summed E-state index contributed by atoms with van der Waals surface area (Å²) in [6.07, 6.45) is 0.869. The maximum Gasteiger partial charge on any atom is 0.116 e. The zero-order chi connectivity index (χ0) is 17.6. The number of alkyl halides is 1.